The highest BCUT2D eigenvalue weighted by Gasteiger charge is 2.07. The molecule has 0 bridgehead atoms. The van der Waals surface area contributed by atoms with Gasteiger partial charge in [-0.15, -0.1) is 0 Å². The molecule has 0 unspecified atom stereocenters. The van der Waals surface area contributed by atoms with Crippen LogP contribution in [0.15, 0.2) is 16.6 Å². The van der Waals surface area contributed by atoms with Gasteiger partial charge < -0.3 is 0 Å². The molecule has 0 aliphatic heterocycles. The van der Waals surface area contributed by atoms with Gasteiger partial charge in [-0.25, -0.2) is 0 Å². The number of nitrogens with zero attached hydrogens (tertiary/aromatic N) is 1. The molecule has 1 heteroatoms. The second-order valence-electron chi connectivity index (χ2n) is 5.39. The highest BCUT2D eigenvalue weighted by Crippen LogP contribution is 2.17. The molecule has 76 valence electrons. The summed E-state index contributed by atoms with van der Waals surface area (Å²) in [7, 11) is 0. The highest BCUT2D eigenvalue weighted by atomic mass is 14.8. The minimum Gasteiger partial charge on any atom is -0.287 e. The Morgan fingerprint density at radius 1 is 1.15 bits per heavy atom. The average Bonchev–Trinajstić information content (AvgIpc) is 1.91. The monoisotopic (exact) mass is 184 g/mol. The molecule has 0 rings (SSSR count). The average molecular weight is 184 g/mol. The Kier molecular flexibility index (Phi) is 2.44. The predicted octanol–water partition coefficient (Wildman–Crippen LogP) is 3.85. The first kappa shape index (κ1) is 7.78. The third-order valence-electron chi connectivity index (χ3n) is 1.18. The van der Waals surface area contributed by atoms with Crippen molar-refractivity contribution in [2.24, 2.45) is 10.4 Å². The smallest absolute Gasteiger partial charge is 0.0524 e. The molecular formula is C12H23N. The van der Waals surface area contributed by atoms with Crippen LogP contribution in [0, 0.1) is 5.41 Å². The second-order valence-corrected chi connectivity index (χ2v) is 5.39. The lowest BCUT2D eigenvalue weighted by Crippen LogP contribution is -2.10. The molecule has 0 radical (unpaired) electrons. The molecule has 0 aliphatic carbocycles. The zero-order valence-electron chi connectivity index (χ0n) is 12.6. The lowest BCUT2D eigenvalue weighted by molar-refractivity contribution is 0.541. The van der Waals surface area contributed by atoms with Crippen molar-refractivity contribution < 1.29 is 4.11 Å². The van der Waals surface area contributed by atoms with Gasteiger partial charge in [0.15, 0.2) is 0 Å². The van der Waals surface area contributed by atoms with E-state index in [0.29, 0.717) is 5.57 Å². The fourth-order valence-corrected chi connectivity index (χ4v) is 0.767. The molecule has 0 aromatic carbocycles. The van der Waals surface area contributed by atoms with E-state index in [-0.39, 0.29) is 11.0 Å². The minimum atomic E-state index is -2.10. The Hall–Kier alpha value is -0.590. The zero-order valence-corrected chi connectivity index (χ0v) is 9.60. The van der Waals surface area contributed by atoms with Crippen molar-refractivity contribution in [2.75, 3.05) is 0 Å². The van der Waals surface area contributed by atoms with Gasteiger partial charge in [0.05, 0.1) is 5.54 Å². The molecule has 0 spiro atoms. The van der Waals surface area contributed by atoms with E-state index in [1.54, 1.807) is 6.08 Å². The van der Waals surface area contributed by atoms with Gasteiger partial charge in [-0.1, -0.05) is 26.8 Å². The van der Waals surface area contributed by atoms with Gasteiger partial charge in [0.25, 0.3) is 0 Å². The Balaban J connectivity index is 5.16. The maximum absolute atomic E-state index is 7.45. The lowest BCUT2D eigenvalue weighted by atomic mass is 9.94. The fourth-order valence-electron chi connectivity index (χ4n) is 0.767. The van der Waals surface area contributed by atoms with E-state index < -0.39 is 6.85 Å². The number of hydrogen-bond acceptors (Lipinski definition) is 1. The maximum atomic E-state index is 7.45. The van der Waals surface area contributed by atoms with Gasteiger partial charge in [-0.3, -0.25) is 4.99 Å². The first-order valence-electron chi connectivity index (χ1n) is 6.10. The van der Waals surface area contributed by atoms with Gasteiger partial charge in [0.2, 0.25) is 0 Å². The van der Waals surface area contributed by atoms with E-state index >= 15 is 0 Å². The van der Waals surface area contributed by atoms with Crippen LogP contribution in [0.1, 0.15) is 52.5 Å². The normalized spacial score (nSPS) is 19.8. The van der Waals surface area contributed by atoms with Gasteiger partial charge in [0, 0.05) is 10.3 Å². The molecular weight excluding hydrogens is 158 g/mol. The van der Waals surface area contributed by atoms with Crippen LogP contribution in [0.2, 0.25) is 0 Å². The molecule has 0 saturated heterocycles. The van der Waals surface area contributed by atoms with Crippen LogP contribution in [-0.2, 0) is 0 Å². The summed E-state index contributed by atoms with van der Waals surface area (Å²) in [5, 5.41) is 0. The Labute approximate surface area is 87.2 Å². The second kappa shape index (κ2) is 4.08. The quantitative estimate of drug-likeness (QED) is 0.549. The maximum Gasteiger partial charge on any atom is 0.0524 e. The van der Waals surface area contributed by atoms with Crippen LogP contribution in [0.4, 0.5) is 0 Å². The molecule has 0 aromatic heterocycles. The SMILES string of the molecule is [2H]C([2H])([2H])/C(C=NC(C)(C)C)=C/C(C)(C)C. The molecule has 0 amide bonds. The third kappa shape index (κ3) is 9.32. The van der Waals surface area contributed by atoms with Crippen molar-refractivity contribution >= 4 is 6.21 Å². The third-order valence-corrected chi connectivity index (χ3v) is 1.18. The Morgan fingerprint density at radius 2 is 1.69 bits per heavy atom. The molecule has 13 heavy (non-hydrogen) atoms. The van der Waals surface area contributed by atoms with Crippen molar-refractivity contribution in [3.05, 3.63) is 11.6 Å². The van der Waals surface area contributed by atoms with Gasteiger partial charge in [0.1, 0.15) is 0 Å². The summed E-state index contributed by atoms with van der Waals surface area (Å²) in [6.07, 6.45) is 3.24. The highest BCUT2D eigenvalue weighted by molar-refractivity contribution is 5.78. The van der Waals surface area contributed by atoms with E-state index in [0.717, 1.165) is 0 Å². The van der Waals surface area contributed by atoms with Crippen LogP contribution in [0.5, 0.6) is 0 Å². The predicted molar refractivity (Wildman–Crippen MR) is 61.5 cm³/mol. The van der Waals surface area contributed by atoms with Crippen molar-refractivity contribution in [2.45, 2.75) is 53.9 Å². The summed E-state index contributed by atoms with van der Waals surface area (Å²) in [6.45, 7) is 9.66. The summed E-state index contributed by atoms with van der Waals surface area (Å²) in [5.41, 5.74) is -0.0921. The summed E-state index contributed by atoms with van der Waals surface area (Å²) in [4.78, 5) is 4.25. The number of aliphatic imine (C=N–C) groups is 1. The first-order chi connectivity index (χ1) is 6.81. The van der Waals surface area contributed by atoms with Crippen molar-refractivity contribution in [3.8, 4) is 0 Å². The Bertz CT molecular complexity index is 285. The van der Waals surface area contributed by atoms with Gasteiger partial charge in [-0.2, -0.15) is 0 Å². The molecule has 0 aliphatic rings. The van der Waals surface area contributed by atoms with Crippen molar-refractivity contribution in [1.29, 1.82) is 0 Å². The van der Waals surface area contributed by atoms with Crippen LogP contribution in [-0.4, -0.2) is 11.8 Å². The molecule has 0 aromatic rings. The van der Waals surface area contributed by atoms with Crippen LogP contribution in [0.3, 0.4) is 0 Å². The first-order valence-corrected chi connectivity index (χ1v) is 4.60. The summed E-state index contributed by atoms with van der Waals surface area (Å²) >= 11 is 0. The summed E-state index contributed by atoms with van der Waals surface area (Å²) < 4.78 is 22.4. The molecule has 1 nitrogen and oxygen atoms in total. The van der Waals surface area contributed by atoms with Gasteiger partial charge in [-0.05, 0) is 38.6 Å². The van der Waals surface area contributed by atoms with Crippen LogP contribution < -0.4 is 0 Å². The number of rotatable bonds is 1. The minimum absolute atomic E-state index is 0.159. The number of hydrogen-bond donors (Lipinski definition) is 0. The molecule has 0 fully saturated rings. The number of allylic oxidation sites excluding steroid dienone is 2. The van der Waals surface area contributed by atoms with Crippen LogP contribution in [0.25, 0.3) is 0 Å². The van der Waals surface area contributed by atoms with E-state index in [9.17, 15) is 0 Å². The van der Waals surface area contributed by atoms with Crippen molar-refractivity contribution in [1.82, 2.24) is 0 Å². The topological polar surface area (TPSA) is 12.4 Å². The van der Waals surface area contributed by atoms with Crippen LogP contribution >= 0.6 is 0 Å². The standard InChI is InChI=1S/C12H23N/c1-10(8-11(2,3)4)9-13-12(5,6)7/h8-9H,1-7H3/b10-8-,13-9?/i1D3. The molecule has 0 saturated carbocycles. The van der Waals surface area contributed by atoms with E-state index in [2.05, 4.69) is 4.99 Å². The van der Waals surface area contributed by atoms with E-state index in [4.69, 9.17) is 4.11 Å². The van der Waals surface area contributed by atoms with E-state index in [1.165, 1.54) is 6.21 Å². The van der Waals surface area contributed by atoms with Crippen molar-refractivity contribution in [3.63, 3.8) is 0 Å². The fraction of sp³-hybridized carbons (Fsp3) is 0.750. The summed E-state index contributed by atoms with van der Waals surface area (Å²) in [5.74, 6) is 0. The van der Waals surface area contributed by atoms with Gasteiger partial charge >= 0.3 is 0 Å². The lowest BCUT2D eigenvalue weighted by Gasteiger charge is -2.14. The molecule has 0 atom stereocenters. The molecule has 0 N–H and O–H groups in total. The summed E-state index contributed by atoms with van der Waals surface area (Å²) in [6, 6.07) is 0. The molecule has 0 heterocycles. The zero-order chi connectivity index (χ0) is 13.2. The Morgan fingerprint density at radius 3 is 2.00 bits per heavy atom. The van der Waals surface area contributed by atoms with E-state index in [1.807, 2.05) is 41.5 Å². The largest absolute Gasteiger partial charge is 0.287 e.